The molecule has 0 aliphatic carbocycles. The standard InChI is InChI=1S/C16H15N3O5/c1-7-13-9(16(21)22)6-10(17-15(13)19-18-7)8-4-11(23-2)14(20)12(5-8)24-3/h4-6,20H,1-3H3,(H,21,22)(H,17,18,19). The SMILES string of the molecule is COc1cc(-c2cc(C(=O)O)c3c(C)[nH]nc3n2)cc(OC)c1O. The number of pyridine rings is 1. The summed E-state index contributed by atoms with van der Waals surface area (Å²) in [6, 6.07) is 4.56. The zero-order chi connectivity index (χ0) is 17.4. The molecule has 3 aromatic rings. The average molecular weight is 329 g/mol. The highest BCUT2D eigenvalue weighted by Gasteiger charge is 2.19. The van der Waals surface area contributed by atoms with Crippen LogP contribution in [0.1, 0.15) is 16.1 Å². The van der Waals surface area contributed by atoms with Crippen molar-refractivity contribution < 1.29 is 24.5 Å². The number of aromatic amines is 1. The second kappa shape index (κ2) is 5.73. The highest BCUT2D eigenvalue weighted by Crippen LogP contribution is 2.40. The number of aromatic carboxylic acids is 1. The molecule has 2 aromatic heterocycles. The minimum Gasteiger partial charge on any atom is -0.502 e. The third kappa shape index (κ3) is 2.37. The van der Waals surface area contributed by atoms with Gasteiger partial charge in [0.25, 0.3) is 0 Å². The van der Waals surface area contributed by atoms with Gasteiger partial charge >= 0.3 is 5.97 Å². The topological polar surface area (TPSA) is 118 Å². The monoisotopic (exact) mass is 329 g/mol. The van der Waals surface area contributed by atoms with E-state index in [4.69, 9.17) is 9.47 Å². The summed E-state index contributed by atoms with van der Waals surface area (Å²) in [6.07, 6.45) is 0. The lowest BCUT2D eigenvalue weighted by atomic mass is 10.0. The number of benzene rings is 1. The molecule has 0 fully saturated rings. The minimum absolute atomic E-state index is 0.0901. The van der Waals surface area contributed by atoms with Crippen molar-refractivity contribution in [3.05, 3.63) is 29.5 Å². The van der Waals surface area contributed by atoms with Gasteiger partial charge in [-0.25, -0.2) is 9.78 Å². The first kappa shape index (κ1) is 15.6. The Morgan fingerprint density at radius 1 is 1.17 bits per heavy atom. The van der Waals surface area contributed by atoms with E-state index in [1.807, 2.05) is 0 Å². The molecule has 8 heteroatoms. The molecule has 0 saturated heterocycles. The van der Waals surface area contributed by atoms with Crippen LogP contribution in [0.5, 0.6) is 17.2 Å². The first-order valence-electron chi connectivity index (χ1n) is 7.00. The number of H-pyrrole nitrogens is 1. The Kier molecular flexibility index (Phi) is 3.72. The molecule has 8 nitrogen and oxygen atoms in total. The summed E-state index contributed by atoms with van der Waals surface area (Å²) in [4.78, 5) is 16.0. The molecule has 0 amide bonds. The molecule has 2 heterocycles. The maximum atomic E-state index is 11.6. The number of carboxylic acid groups (broad SMARTS) is 1. The summed E-state index contributed by atoms with van der Waals surface area (Å²) in [5.41, 5.74) is 1.93. The molecular weight excluding hydrogens is 314 g/mol. The fourth-order valence-corrected chi connectivity index (χ4v) is 2.53. The number of rotatable bonds is 4. The van der Waals surface area contributed by atoms with E-state index < -0.39 is 5.97 Å². The molecule has 0 aliphatic heterocycles. The number of carboxylic acids is 1. The van der Waals surface area contributed by atoms with Crippen molar-refractivity contribution >= 4 is 17.0 Å². The highest BCUT2D eigenvalue weighted by atomic mass is 16.5. The number of hydrogen-bond donors (Lipinski definition) is 3. The fourth-order valence-electron chi connectivity index (χ4n) is 2.53. The van der Waals surface area contributed by atoms with E-state index in [0.29, 0.717) is 28.0 Å². The first-order valence-corrected chi connectivity index (χ1v) is 7.00. The van der Waals surface area contributed by atoms with Crippen LogP contribution in [0.3, 0.4) is 0 Å². The number of nitrogens with zero attached hydrogens (tertiary/aromatic N) is 2. The van der Waals surface area contributed by atoms with Crippen molar-refractivity contribution in [2.45, 2.75) is 6.92 Å². The Labute approximate surface area is 136 Å². The summed E-state index contributed by atoms with van der Waals surface area (Å²) >= 11 is 0. The summed E-state index contributed by atoms with van der Waals surface area (Å²) in [6.45, 7) is 1.73. The van der Waals surface area contributed by atoms with Gasteiger partial charge in [0.1, 0.15) is 0 Å². The molecule has 1 aromatic carbocycles. The predicted octanol–water partition coefficient (Wildman–Crippen LogP) is 2.35. The second-order valence-corrected chi connectivity index (χ2v) is 5.14. The number of ether oxygens (including phenoxy) is 2. The fraction of sp³-hybridized carbons (Fsp3) is 0.188. The highest BCUT2D eigenvalue weighted by molar-refractivity contribution is 6.03. The van der Waals surface area contributed by atoms with Crippen molar-refractivity contribution in [3.63, 3.8) is 0 Å². The number of fused-ring (bicyclic) bond motifs is 1. The van der Waals surface area contributed by atoms with Gasteiger partial charge in [0.2, 0.25) is 5.75 Å². The van der Waals surface area contributed by atoms with Gasteiger partial charge in [-0.05, 0) is 25.1 Å². The van der Waals surface area contributed by atoms with Crippen LogP contribution in [0.15, 0.2) is 18.2 Å². The van der Waals surface area contributed by atoms with Gasteiger partial charge in [-0.1, -0.05) is 0 Å². The molecule has 24 heavy (non-hydrogen) atoms. The molecule has 0 bridgehead atoms. The third-order valence-corrected chi connectivity index (χ3v) is 3.71. The van der Waals surface area contributed by atoms with E-state index in [9.17, 15) is 15.0 Å². The molecule has 0 aliphatic rings. The number of methoxy groups -OCH3 is 2. The van der Waals surface area contributed by atoms with Crippen LogP contribution in [0.2, 0.25) is 0 Å². The summed E-state index contributed by atoms with van der Waals surface area (Å²) in [5.74, 6) is -0.826. The summed E-state index contributed by atoms with van der Waals surface area (Å²) in [7, 11) is 2.82. The lowest BCUT2D eigenvalue weighted by molar-refractivity contribution is 0.0699. The number of aryl methyl sites for hydroxylation is 1. The van der Waals surface area contributed by atoms with Crippen LogP contribution < -0.4 is 9.47 Å². The van der Waals surface area contributed by atoms with Crippen LogP contribution in [-0.4, -0.2) is 45.6 Å². The van der Waals surface area contributed by atoms with Crippen LogP contribution in [0, 0.1) is 6.92 Å². The van der Waals surface area contributed by atoms with Crippen LogP contribution in [0.4, 0.5) is 0 Å². The Hall–Kier alpha value is -3.29. The van der Waals surface area contributed by atoms with Gasteiger partial charge in [0.05, 0.1) is 30.9 Å². The molecule has 3 rings (SSSR count). The quantitative estimate of drug-likeness (QED) is 0.672. The van der Waals surface area contributed by atoms with Gasteiger partial charge in [-0.3, -0.25) is 5.10 Å². The van der Waals surface area contributed by atoms with Crippen molar-refractivity contribution in [2.24, 2.45) is 0 Å². The van der Waals surface area contributed by atoms with Crippen molar-refractivity contribution in [1.82, 2.24) is 15.2 Å². The van der Waals surface area contributed by atoms with E-state index in [1.54, 1.807) is 19.1 Å². The maximum Gasteiger partial charge on any atom is 0.336 e. The number of aromatic hydroxyl groups is 1. The molecule has 0 atom stereocenters. The lowest BCUT2D eigenvalue weighted by Crippen LogP contribution is -2.00. The molecule has 124 valence electrons. The summed E-state index contributed by atoms with van der Waals surface area (Å²) < 4.78 is 10.2. The number of carbonyl (C=O) groups is 1. The largest absolute Gasteiger partial charge is 0.502 e. The van der Waals surface area contributed by atoms with Crippen molar-refractivity contribution in [3.8, 4) is 28.5 Å². The normalized spacial score (nSPS) is 10.8. The molecule has 0 spiro atoms. The van der Waals surface area contributed by atoms with Crippen LogP contribution in [-0.2, 0) is 0 Å². The van der Waals surface area contributed by atoms with Gasteiger partial charge in [0, 0.05) is 11.3 Å². The first-order chi connectivity index (χ1) is 11.5. The molecule has 0 saturated carbocycles. The molecule has 0 unspecified atom stereocenters. The van der Waals surface area contributed by atoms with Gasteiger partial charge in [-0.2, -0.15) is 5.10 Å². The number of aromatic nitrogens is 3. The van der Waals surface area contributed by atoms with E-state index in [0.717, 1.165) is 0 Å². The van der Waals surface area contributed by atoms with Crippen molar-refractivity contribution in [2.75, 3.05) is 14.2 Å². The van der Waals surface area contributed by atoms with Gasteiger partial charge < -0.3 is 19.7 Å². The Morgan fingerprint density at radius 3 is 2.33 bits per heavy atom. The average Bonchev–Trinajstić information content (AvgIpc) is 2.95. The zero-order valence-corrected chi connectivity index (χ0v) is 13.2. The van der Waals surface area contributed by atoms with E-state index in [1.165, 1.54) is 20.3 Å². The number of nitrogens with one attached hydrogen (secondary N) is 1. The maximum absolute atomic E-state index is 11.6. The smallest absolute Gasteiger partial charge is 0.336 e. The number of hydrogen-bond acceptors (Lipinski definition) is 6. The predicted molar refractivity (Wildman–Crippen MR) is 85.8 cm³/mol. The Bertz CT molecular complexity index is 923. The number of phenols is 1. The van der Waals surface area contributed by atoms with E-state index in [-0.39, 0.29) is 22.8 Å². The van der Waals surface area contributed by atoms with Gasteiger partial charge in [-0.15, -0.1) is 0 Å². The molecular formula is C16H15N3O5. The van der Waals surface area contributed by atoms with Gasteiger partial charge in [0.15, 0.2) is 17.1 Å². The van der Waals surface area contributed by atoms with Crippen molar-refractivity contribution in [1.29, 1.82) is 0 Å². The Balaban J connectivity index is 2.29. The van der Waals surface area contributed by atoms with Crippen LogP contribution in [0.25, 0.3) is 22.3 Å². The third-order valence-electron chi connectivity index (χ3n) is 3.71. The molecule has 0 radical (unpaired) electrons. The van der Waals surface area contributed by atoms with Crippen LogP contribution >= 0.6 is 0 Å². The lowest BCUT2D eigenvalue weighted by Gasteiger charge is -2.11. The zero-order valence-electron chi connectivity index (χ0n) is 13.2. The van der Waals surface area contributed by atoms with E-state index in [2.05, 4.69) is 15.2 Å². The summed E-state index contributed by atoms with van der Waals surface area (Å²) in [5, 5.41) is 26.7. The Morgan fingerprint density at radius 2 is 1.79 bits per heavy atom. The number of phenolic OH excluding ortho intramolecular Hbond substituents is 1. The van der Waals surface area contributed by atoms with E-state index >= 15 is 0 Å². The minimum atomic E-state index is -1.08. The molecule has 3 N–H and O–H groups in total. The second-order valence-electron chi connectivity index (χ2n) is 5.14.